The van der Waals surface area contributed by atoms with Crippen molar-refractivity contribution >= 4 is 5.91 Å². The van der Waals surface area contributed by atoms with Crippen molar-refractivity contribution in [2.75, 3.05) is 6.54 Å². The number of nitrogens with zero attached hydrogens (tertiary/aromatic N) is 1. The molecule has 3 N–H and O–H groups in total. The van der Waals surface area contributed by atoms with Gasteiger partial charge in [-0.2, -0.15) is 4.98 Å². The van der Waals surface area contributed by atoms with Crippen molar-refractivity contribution in [2.45, 2.75) is 70.8 Å². The van der Waals surface area contributed by atoms with Crippen molar-refractivity contribution in [1.82, 2.24) is 15.3 Å². The molecule has 4 aliphatic carbocycles. The molecule has 27 heavy (non-hydrogen) atoms. The summed E-state index contributed by atoms with van der Waals surface area (Å²) >= 11 is 0. The fraction of sp³-hybridized carbons (Fsp3) is 0.762. The largest absolute Gasteiger partial charge is 0.391 e. The van der Waals surface area contributed by atoms with E-state index in [0.29, 0.717) is 5.69 Å². The van der Waals surface area contributed by atoms with Crippen molar-refractivity contribution in [3.63, 3.8) is 0 Å². The lowest BCUT2D eigenvalue weighted by atomic mass is 9.48. The molecule has 1 amide bonds. The second-order valence-corrected chi connectivity index (χ2v) is 10.2. The first-order valence-electron chi connectivity index (χ1n) is 10.2. The first-order valence-corrected chi connectivity index (χ1v) is 10.2. The van der Waals surface area contributed by atoms with E-state index in [9.17, 15) is 14.7 Å². The number of carbonyl (C=O) groups excluding carboxylic acids is 1. The van der Waals surface area contributed by atoms with Crippen LogP contribution in [0.2, 0.25) is 0 Å². The molecule has 6 heteroatoms. The van der Waals surface area contributed by atoms with Crippen molar-refractivity contribution in [1.29, 1.82) is 0 Å². The zero-order valence-electron chi connectivity index (χ0n) is 16.5. The summed E-state index contributed by atoms with van der Waals surface area (Å²) in [6.07, 6.45) is 6.72. The molecular formula is C21H31N3O3. The maximum Gasteiger partial charge on any atom is 0.345 e. The molecule has 0 aromatic carbocycles. The number of aliphatic hydroxyl groups excluding tert-OH is 1. The maximum absolute atomic E-state index is 12.6. The van der Waals surface area contributed by atoms with E-state index in [1.165, 1.54) is 19.3 Å². The lowest BCUT2D eigenvalue weighted by Gasteiger charge is -2.58. The molecule has 4 saturated carbocycles. The van der Waals surface area contributed by atoms with E-state index in [4.69, 9.17) is 0 Å². The van der Waals surface area contributed by atoms with Gasteiger partial charge in [0.05, 0.1) is 6.10 Å². The summed E-state index contributed by atoms with van der Waals surface area (Å²) in [5.74, 6) is 1.87. The van der Waals surface area contributed by atoms with Crippen LogP contribution >= 0.6 is 0 Å². The van der Waals surface area contributed by atoms with E-state index in [1.54, 1.807) is 6.07 Å². The Kier molecular flexibility index (Phi) is 4.45. The van der Waals surface area contributed by atoms with Gasteiger partial charge in [-0.15, -0.1) is 0 Å². The van der Waals surface area contributed by atoms with E-state index in [1.807, 2.05) is 20.8 Å². The second-order valence-electron chi connectivity index (χ2n) is 10.2. The number of aromatic amines is 1. The topological polar surface area (TPSA) is 95.1 Å². The molecule has 4 bridgehead atoms. The minimum Gasteiger partial charge on any atom is -0.391 e. The number of hydrogen-bond donors (Lipinski definition) is 3. The predicted molar refractivity (Wildman–Crippen MR) is 103 cm³/mol. The molecule has 4 aliphatic rings. The number of hydrogen-bond acceptors (Lipinski definition) is 4. The van der Waals surface area contributed by atoms with Crippen LogP contribution in [0, 0.1) is 23.2 Å². The Morgan fingerprint density at radius 1 is 1.26 bits per heavy atom. The monoisotopic (exact) mass is 373 g/mol. The average Bonchev–Trinajstić information content (AvgIpc) is 2.56. The average molecular weight is 373 g/mol. The molecule has 0 spiro atoms. The Morgan fingerprint density at radius 2 is 1.81 bits per heavy atom. The third-order valence-electron chi connectivity index (χ3n) is 7.03. The van der Waals surface area contributed by atoms with Crippen LogP contribution in [-0.4, -0.2) is 33.6 Å². The highest BCUT2D eigenvalue weighted by atomic mass is 16.3. The third-order valence-corrected chi connectivity index (χ3v) is 7.03. The molecular weight excluding hydrogens is 342 g/mol. The van der Waals surface area contributed by atoms with Gasteiger partial charge >= 0.3 is 5.69 Å². The zero-order valence-corrected chi connectivity index (χ0v) is 16.5. The number of carbonyl (C=O) groups is 1. The van der Waals surface area contributed by atoms with Gasteiger partial charge in [0.1, 0.15) is 5.69 Å². The minimum absolute atomic E-state index is 0.0276. The highest BCUT2D eigenvalue weighted by molar-refractivity contribution is 5.92. The summed E-state index contributed by atoms with van der Waals surface area (Å²) in [5.41, 5.74) is -0.0411. The van der Waals surface area contributed by atoms with Gasteiger partial charge in [0.25, 0.3) is 5.91 Å². The van der Waals surface area contributed by atoms with Gasteiger partial charge in [-0.25, -0.2) is 4.79 Å². The molecule has 1 unspecified atom stereocenters. The number of amides is 1. The molecule has 4 fully saturated rings. The quantitative estimate of drug-likeness (QED) is 0.755. The standard InChI is InChI=1S/C21H31N3O3/c1-20(2,3)16-7-15(23-19(27)24-16)18(26)22-11-17(25)21-8-12-4-13(9-21)6-14(5-12)10-21/h7,12-14,17,25H,4-6,8-11H2,1-3H3,(H,22,26)(H,23,24,27). The van der Waals surface area contributed by atoms with E-state index < -0.39 is 17.7 Å². The Bertz CT molecular complexity index is 757. The van der Waals surface area contributed by atoms with Gasteiger partial charge in [0.2, 0.25) is 0 Å². The van der Waals surface area contributed by atoms with Crippen molar-refractivity contribution in [2.24, 2.45) is 23.2 Å². The SMILES string of the molecule is CC(C)(C)c1cc(C(=O)NCC(O)C23CC4CC(CC(C4)C2)C3)nc(=O)[nH]1. The smallest absolute Gasteiger partial charge is 0.345 e. The van der Waals surface area contributed by atoms with Crippen LogP contribution in [-0.2, 0) is 5.41 Å². The molecule has 0 saturated heterocycles. The van der Waals surface area contributed by atoms with Crippen molar-refractivity contribution in [3.05, 3.63) is 27.9 Å². The summed E-state index contributed by atoms with van der Waals surface area (Å²) in [7, 11) is 0. The van der Waals surface area contributed by atoms with Crippen LogP contribution in [0.25, 0.3) is 0 Å². The molecule has 0 radical (unpaired) electrons. The zero-order chi connectivity index (χ0) is 19.4. The fourth-order valence-corrected chi connectivity index (χ4v) is 6.06. The Labute approximate surface area is 160 Å². The normalized spacial score (nSPS) is 33.1. The van der Waals surface area contributed by atoms with Crippen molar-refractivity contribution in [3.8, 4) is 0 Å². The van der Waals surface area contributed by atoms with E-state index >= 15 is 0 Å². The first kappa shape index (κ1) is 18.7. The second kappa shape index (κ2) is 6.43. The van der Waals surface area contributed by atoms with Gasteiger partial charge in [-0.05, 0) is 67.8 Å². The van der Waals surface area contributed by atoms with Crippen LogP contribution in [0.4, 0.5) is 0 Å². The van der Waals surface area contributed by atoms with Gasteiger partial charge in [-0.3, -0.25) is 4.79 Å². The molecule has 148 valence electrons. The minimum atomic E-state index is -0.529. The summed E-state index contributed by atoms with van der Waals surface area (Å²) < 4.78 is 0. The summed E-state index contributed by atoms with van der Waals surface area (Å²) in [4.78, 5) is 30.9. The molecule has 0 aliphatic heterocycles. The van der Waals surface area contributed by atoms with Crippen LogP contribution < -0.4 is 11.0 Å². The summed E-state index contributed by atoms with van der Waals surface area (Å²) in [6.45, 7) is 6.13. The summed E-state index contributed by atoms with van der Waals surface area (Å²) in [5, 5.41) is 13.8. The Balaban J connectivity index is 1.44. The van der Waals surface area contributed by atoms with Crippen LogP contribution in [0.1, 0.15) is 75.5 Å². The molecule has 1 aromatic rings. The fourth-order valence-electron chi connectivity index (χ4n) is 6.06. The molecule has 5 rings (SSSR count). The van der Waals surface area contributed by atoms with Gasteiger partial charge in [-0.1, -0.05) is 20.8 Å². The van der Waals surface area contributed by atoms with Gasteiger partial charge in [0, 0.05) is 17.7 Å². The van der Waals surface area contributed by atoms with Crippen LogP contribution in [0.3, 0.4) is 0 Å². The molecule has 6 nitrogen and oxygen atoms in total. The van der Waals surface area contributed by atoms with Gasteiger partial charge in [0.15, 0.2) is 0 Å². The molecule has 1 aromatic heterocycles. The van der Waals surface area contributed by atoms with Crippen LogP contribution in [0.5, 0.6) is 0 Å². The van der Waals surface area contributed by atoms with Crippen molar-refractivity contribution < 1.29 is 9.90 Å². The molecule has 1 atom stereocenters. The Hall–Kier alpha value is -1.69. The maximum atomic E-state index is 12.6. The highest BCUT2D eigenvalue weighted by Crippen LogP contribution is 2.61. The van der Waals surface area contributed by atoms with Gasteiger partial charge < -0.3 is 15.4 Å². The summed E-state index contributed by atoms with van der Waals surface area (Å²) in [6, 6.07) is 1.63. The van der Waals surface area contributed by atoms with E-state index in [-0.39, 0.29) is 23.1 Å². The number of rotatable bonds is 4. The Morgan fingerprint density at radius 3 is 2.33 bits per heavy atom. The lowest BCUT2D eigenvalue weighted by molar-refractivity contribution is -0.118. The third kappa shape index (κ3) is 3.56. The highest BCUT2D eigenvalue weighted by Gasteiger charge is 2.53. The number of aliphatic hydroxyl groups is 1. The lowest BCUT2D eigenvalue weighted by Crippen LogP contribution is -2.54. The predicted octanol–water partition coefficient (Wildman–Crippen LogP) is 2.37. The number of aromatic nitrogens is 2. The van der Waals surface area contributed by atoms with E-state index in [0.717, 1.165) is 37.0 Å². The number of nitrogens with one attached hydrogen (secondary N) is 2. The molecule has 1 heterocycles. The number of H-pyrrole nitrogens is 1. The van der Waals surface area contributed by atoms with Crippen LogP contribution in [0.15, 0.2) is 10.9 Å². The first-order chi connectivity index (χ1) is 12.6. The van der Waals surface area contributed by atoms with E-state index in [2.05, 4.69) is 15.3 Å².